The molecule has 5 heteroatoms. The van der Waals surface area contributed by atoms with Crippen LogP contribution in [0.3, 0.4) is 0 Å². The molecule has 2 atom stereocenters. The number of hydrogen-bond donors (Lipinski definition) is 0. The summed E-state index contributed by atoms with van der Waals surface area (Å²) in [6.07, 6.45) is 5.04. The molecule has 2 aliphatic heterocycles. The van der Waals surface area contributed by atoms with Gasteiger partial charge in [-0.1, -0.05) is 6.07 Å². The highest BCUT2D eigenvalue weighted by molar-refractivity contribution is 7.10. The number of hydrogen-bond acceptors (Lipinski definition) is 5. The van der Waals surface area contributed by atoms with Crippen LogP contribution in [0.5, 0.6) is 11.5 Å². The Kier molecular flexibility index (Phi) is 5.48. The van der Waals surface area contributed by atoms with Crippen LogP contribution in [0, 0.1) is 0 Å². The molecule has 0 aliphatic carbocycles. The second-order valence-corrected chi connectivity index (χ2v) is 8.04. The van der Waals surface area contributed by atoms with Gasteiger partial charge >= 0.3 is 0 Å². The van der Waals surface area contributed by atoms with Gasteiger partial charge in [-0.3, -0.25) is 4.90 Å². The molecule has 1 saturated heterocycles. The summed E-state index contributed by atoms with van der Waals surface area (Å²) >= 11 is 1.83. The van der Waals surface area contributed by atoms with Crippen LogP contribution in [-0.2, 0) is 11.2 Å². The standard InChI is InChI=1S/C21H27NO3S/c1-23-18-12-15-8-9-22(14-16-6-3-4-10-25-16)21(20-7-5-11-26-20)17(15)13-19(18)24-2/h5,7,11-13,16,21H,3-4,6,8-10,14H2,1-2H3/t16-,21-/m0/s1. The van der Waals surface area contributed by atoms with Gasteiger partial charge in [-0.25, -0.2) is 0 Å². The zero-order chi connectivity index (χ0) is 17.9. The quantitative estimate of drug-likeness (QED) is 0.783. The van der Waals surface area contributed by atoms with E-state index in [4.69, 9.17) is 14.2 Å². The lowest BCUT2D eigenvalue weighted by Crippen LogP contribution is -2.42. The molecule has 0 saturated carbocycles. The van der Waals surface area contributed by atoms with E-state index in [1.807, 2.05) is 11.3 Å². The maximum absolute atomic E-state index is 6.03. The predicted molar refractivity (Wildman–Crippen MR) is 105 cm³/mol. The fraction of sp³-hybridized carbons (Fsp3) is 0.524. The van der Waals surface area contributed by atoms with E-state index in [1.165, 1.54) is 35.3 Å². The molecule has 140 valence electrons. The van der Waals surface area contributed by atoms with Gasteiger partial charge in [0.2, 0.25) is 0 Å². The summed E-state index contributed by atoms with van der Waals surface area (Å²) in [5.41, 5.74) is 2.70. The van der Waals surface area contributed by atoms with Crippen molar-refractivity contribution in [2.24, 2.45) is 0 Å². The molecule has 1 aromatic carbocycles. The van der Waals surface area contributed by atoms with Crippen molar-refractivity contribution in [1.29, 1.82) is 0 Å². The SMILES string of the molecule is COc1cc2c(cc1OC)[C@@H](c1cccs1)N(C[C@@H]1CCCCO1)CC2. The number of nitrogens with zero attached hydrogens (tertiary/aromatic N) is 1. The molecule has 0 amide bonds. The van der Waals surface area contributed by atoms with Crippen LogP contribution in [0.1, 0.15) is 41.3 Å². The molecule has 4 nitrogen and oxygen atoms in total. The van der Waals surface area contributed by atoms with Crippen molar-refractivity contribution in [1.82, 2.24) is 4.90 Å². The van der Waals surface area contributed by atoms with Crippen molar-refractivity contribution in [2.75, 3.05) is 33.9 Å². The van der Waals surface area contributed by atoms with Gasteiger partial charge in [0.15, 0.2) is 11.5 Å². The zero-order valence-electron chi connectivity index (χ0n) is 15.6. The summed E-state index contributed by atoms with van der Waals surface area (Å²) in [5, 5.41) is 2.17. The third kappa shape index (κ3) is 3.48. The summed E-state index contributed by atoms with van der Waals surface area (Å²) in [7, 11) is 3.41. The Morgan fingerprint density at radius 1 is 1.19 bits per heavy atom. The summed E-state index contributed by atoms with van der Waals surface area (Å²) < 4.78 is 17.1. The van der Waals surface area contributed by atoms with Gasteiger partial charge in [0, 0.05) is 24.6 Å². The molecule has 0 unspecified atom stereocenters. The Hall–Kier alpha value is -1.56. The van der Waals surface area contributed by atoms with E-state index in [2.05, 4.69) is 34.5 Å². The van der Waals surface area contributed by atoms with Crippen molar-refractivity contribution in [3.05, 3.63) is 45.6 Å². The Bertz CT molecular complexity index is 725. The zero-order valence-corrected chi connectivity index (χ0v) is 16.4. The minimum atomic E-state index is 0.268. The Labute approximate surface area is 159 Å². The van der Waals surface area contributed by atoms with Crippen molar-refractivity contribution in [3.8, 4) is 11.5 Å². The van der Waals surface area contributed by atoms with Gasteiger partial charge in [-0.15, -0.1) is 11.3 Å². The fourth-order valence-electron chi connectivity index (χ4n) is 4.19. The van der Waals surface area contributed by atoms with Gasteiger partial charge in [0.1, 0.15) is 0 Å². The molecule has 2 aliphatic rings. The number of ether oxygens (including phenoxy) is 3. The third-order valence-electron chi connectivity index (χ3n) is 5.50. The smallest absolute Gasteiger partial charge is 0.161 e. The van der Waals surface area contributed by atoms with Crippen LogP contribution in [-0.4, -0.2) is 44.9 Å². The maximum Gasteiger partial charge on any atom is 0.161 e. The summed E-state index contributed by atoms with van der Waals surface area (Å²) in [6.45, 7) is 2.95. The highest BCUT2D eigenvalue weighted by atomic mass is 32.1. The van der Waals surface area contributed by atoms with Crippen molar-refractivity contribution < 1.29 is 14.2 Å². The largest absolute Gasteiger partial charge is 0.493 e. The molecule has 3 heterocycles. The lowest BCUT2D eigenvalue weighted by molar-refractivity contribution is -0.0120. The molecule has 1 aromatic heterocycles. The number of fused-ring (bicyclic) bond motifs is 1. The first-order valence-corrected chi connectivity index (χ1v) is 10.3. The lowest BCUT2D eigenvalue weighted by atomic mass is 9.90. The second-order valence-electron chi connectivity index (χ2n) is 7.06. The van der Waals surface area contributed by atoms with Crippen LogP contribution in [0.25, 0.3) is 0 Å². The molecule has 2 aromatic rings. The van der Waals surface area contributed by atoms with Gasteiger partial charge in [0.25, 0.3) is 0 Å². The molecule has 26 heavy (non-hydrogen) atoms. The van der Waals surface area contributed by atoms with E-state index in [-0.39, 0.29) is 6.04 Å². The monoisotopic (exact) mass is 373 g/mol. The van der Waals surface area contributed by atoms with Gasteiger partial charge < -0.3 is 14.2 Å². The number of methoxy groups -OCH3 is 2. The minimum Gasteiger partial charge on any atom is -0.493 e. The fourth-order valence-corrected chi connectivity index (χ4v) is 5.06. The van der Waals surface area contributed by atoms with E-state index >= 15 is 0 Å². The molecule has 4 rings (SSSR count). The van der Waals surface area contributed by atoms with Gasteiger partial charge in [-0.05, 0) is 60.4 Å². The minimum absolute atomic E-state index is 0.268. The molecular weight excluding hydrogens is 346 g/mol. The average molecular weight is 374 g/mol. The summed E-state index contributed by atoms with van der Waals surface area (Å²) in [4.78, 5) is 3.98. The van der Waals surface area contributed by atoms with E-state index in [0.717, 1.165) is 37.6 Å². The second kappa shape index (κ2) is 7.99. The molecule has 0 N–H and O–H groups in total. The normalized spacial score (nSPS) is 23.5. The van der Waals surface area contributed by atoms with Crippen molar-refractivity contribution in [2.45, 2.75) is 37.8 Å². The molecule has 0 radical (unpaired) electrons. The first-order valence-electron chi connectivity index (χ1n) is 9.44. The summed E-state index contributed by atoms with van der Waals surface area (Å²) in [6, 6.07) is 8.99. The predicted octanol–water partition coefficient (Wildman–Crippen LogP) is 4.28. The van der Waals surface area contributed by atoms with E-state index in [1.54, 1.807) is 14.2 Å². The molecule has 0 bridgehead atoms. The number of benzene rings is 1. The van der Waals surface area contributed by atoms with E-state index in [0.29, 0.717) is 6.10 Å². The lowest BCUT2D eigenvalue weighted by Gasteiger charge is -2.39. The van der Waals surface area contributed by atoms with Crippen LogP contribution < -0.4 is 9.47 Å². The molecule has 1 fully saturated rings. The van der Waals surface area contributed by atoms with Gasteiger partial charge in [-0.2, -0.15) is 0 Å². The Morgan fingerprint density at radius 3 is 2.73 bits per heavy atom. The average Bonchev–Trinajstić information content (AvgIpc) is 3.21. The van der Waals surface area contributed by atoms with E-state index < -0.39 is 0 Å². The Morgan fingerprint density at radius 2 is 2.04 bits per heavy atom. The van der Waals surface area contributed by atoms with Crippen LogP contribution in [0.4, 0.5) is 0 Å². The first kappa shape index (κ1) is 17.8. The van der Waals surface area contributed by atoms with Crippen LogP contribution in [0.15, 0.2) is 29.6 Å². The highest BCUT2D eigenvalue weighted by Crippen LogP contribution is 2.42. The van der Waals surface area contributed by atoms with E-state index in [9.17, 15) is 0 Å². The molecule has 0 spiro atoms. The number of rotatable bonds is 5. The number of thiophene rings is 1. The molecular formula is C21H27NO3S. The van der Waals surface area contributed by atoms with Crippen LogP contribution in [0.2, 0.25) is 0 Å². The Balaban J connectivity index is 1.69. The van der Waals surface area contributed by atoms with Crippen molar-refractivity contribution in [3.63, 3.8) is 0 Å². The maximum atomic E-state index is 6.03. The topological polar surface area (TPSA) is 30.9 Å². The highest BCUT2D eigenvalue weighted by Gasteiger charge is 2.32. The van der Waals surface area contributed by atoms with Crippen LogP contribution >= 0.6 is 11.3 Å². The van der Waals surface area contributed by atoms with Crippen molar-refractivity contribution >= 4 is 11.3 Å². The first-order chi connectivity index (χ1) is 12.8. The van der Waals surface area contributed by atoms with Gasteiger partial charge in [0.05, 0.1) is 26.4 Å². The third-order valence-corrected chi connectivity index (χ3v) is 6.42. The summed E-state index contributed by atoms with van der Waals surface area (Å²) in [5.74, 6) is 1.63.